The van der Waals surface area contributed by atoms with E-state index in [1.165, 1.54) is 38.5 Å². The molecular formula is C26H29BrClN5O. The van der Waals surface area contributed by atoms with Crippen LogP contribution in [-0.2, 0) is 12.1 Å². The van der Waals surface area contributed by atoms with Gasteiger partial charge in [0.15, 0.2) is 5.69 Å². The third-order valence-electron chi connectivity index (χ3n) is 8.27. The lowest BCUT2D eigenvalue weighted by Crippen LogP contribution is -2.52. The summed E-state index contributed by atoms with van der Waals surface area (Å²) >= 11 is 9.97. The van der Waals surface area contributed by atoms with Crippen LogP contribution in [0, 0.1) is 31.6 Å². The molecule has 0 aliphatic heterocycles. The second-order valence-electron chi connectivity index (χ2n) is 10.7. The van der Waals surface area contributed by atoms with Gasteiger partial charge < -0.3 is 5.32 Å². The predicted octanol–water partition coefficient (Wildman–Crippen LogP) is 6.34. The first kappa shape index (κ1) is 22.4. The highest BCUT2D eigenvalue weighted by Gasteiger charge is 2.52. The van der Waals surface area contributed by atoms with Gasteiger partial charge in [-0.3, -0.25) is 14.2 Å². The molecule has 3 aromatic rings. The third-order valence-corrected chi connectivity index (χ3v) is 9.22. The summed E-state index contributed by atoms with van der Waals surface area (Å²) in [7, 11) is 0. The molecule has 1 aromatic carbocycles. The van der Waals surface area contributed by atoms with E-state index < -0.39 is 0 Å². The maximum atomic E-state index is 13.3. The molecule has 0 radical (unpaired) electrons. The predicted molar refractivity (Wildman–Crippen MR) is 136 cm³/mol. The van der Waals surface area contributed by atoms with Gasteiger partial charge in [-0.1, -0.05) is 29.8 Å². The smallest absolute Gasteiger partial charge is 0.277 e. The van der Waals surface area contributed by atoms with Gasteiger partial charge in [0, 0.05) is 11.2 Å². The van der Waals surface area contributed by atoms with Crippen molar-refractivity contribution >= 4 is 39.1 Å². The number of nitrogens with zero attached hydrogens (tertiary/aromatic N) is 4. The van der Waals surface area contributed by atoms with Crippen molar-refractivity contribution in [3.63, 3.8) is 0 Å². The number of carbonyl (C=O) groups is 1. The van der Waals surface area contributed by atoms with E-state index in [2.05, 4.69) is 31.0 Å². The Kier molecular flexibility index (Phi) is 5.41. The fourth-order valence-corrected chi connectivity index (χ4v) is 7.74. The van der Waals surface area contributed by atoms with Crippen LogP contribution in [0.25, 0.3) is 0 Å². The number of halogens is 2. The fourth-order valence-electron chi connectivity index (χ4n) is 7.09. The van der Waals surface area contributed by atoms with Gasteiger partial charge in [-0.25, -0.2) is 0 Å². The molecule has 0 atom stereocenters. The van der Waals surface area contributed by atoms with E-state index in [9.17, 15) is 4.79 Å². The molecule has 34 heavy (non-hydrogen) atoms. The number of nitrogens with one attached hydrogen (secondary N) is 1. The molecule has 0 unspecified atom stereocenters. The maximum Gasteiger partial charge on any atom is 0.277 e. The van der Waals surface area contributed by atoms with Crippen molar-refractivity contribution in [3.8, 4) is 0 Å². The van der Waals surface area contributed by atoms with Gasteiger partial charge in [0.2, 0.25) is 0 Å². The number of benzene rings is 1. The molecule has 4 saturated carbocycles. The second-order valence-corrected chi connectivity index (χ2v) is 11.9. The Balaban J connectivity index is 1.24. The number of carbonyl (C=O) groups excluding carboxylic acids is 1. The van der Waals surface area contributed by atoms with Crippen molar-refractivity contribution in [2.45, 2.75) is 64.5 Å². The molecule has 1 amide bonds. The Hall–Kier alpha value is -2.12. The third kappa shape index (κ3) is 3.72. The van der Waals surface area contributed by atoms with Crippen molar-refractivity contribution in [1.82, 2.24) is 19.6 Å². The van der Waals surface area contributed by atoms with Gasteiger partial charge in [-0.05, 0) is 97.7 Å². The van der Waals surface area contributed by atoms with E-state index in [-0.39, 0.29) is 11.4 Å². The van der Waals surface area contributed by atoms with Crippen LogP contribution in [0.1, 0.15) is 66.0 Å². The first-order valence-corrected chi connectivity index (χ1v) is 13.3. The van der Waals surface area contributed by atoms with Crippen LogP contribution in [0.3, 0.4) is 0 Å². The SMILES string of the molecule is Cc1nn(Cc2ccccc2Cl)c(C)c1NC(=O)c1nn(C23CC4CC(CC(C4)C2)C3)cc1Br. The molecule has 6 nitrogen and oxygen atoms in total. The molecule has 4 aliphatic carbocycles. The summed E-state index contributed by atoms with van der Waals surface area (Å²) < 4.78 is 4.76. The zero-order valence-electron chi connectivity index (χ0n) is 19.5. The van der Waals surface area contributed by atoms with Crippen LogP contribution in [0.4, 0.5) is 5.69 Å². The molecule has 178 valence electrons. The molecule has 0 saturated heterocycles. The Morgan fingerprint density at radius 3 is 2.41 bits per heavy atom. The van der Waals surface area contributed by atoms with Crippen molar-refractivity contribution in [2.75, 3.05) is 5.32 Å². The molecular weight excluding hydrogens is 514 g/mol. The van der Waals surface area contributed by atoms with Crippen molar-refractivity contribution in [2.24, 2.45) is 17.8 Å². The largest absolute Gasteiger partial charge is 0.317 e. The summed E-state index contributed by atoms with van der Waals surface area (Å²) in [6, 6.07) is 7.75. The van der Waals surface area contributed by atoms with Crippen LogP contribution in [-0.4, -0.2) is 25.5 Å². The number of amides is 1. The van der Waals surface area contributed by atoms with Crippen molar-refractivity contribution < 1.29 is 4.79 Å². The number of rotatable bonds is 5. The molecule has 2 heterocycles. The molecule has 4 aliphatic rings. The molecule has 7 rings (SSSR count). The minimum Gasteiger partial charge on any atom is -0.317 e. The molecule has 8 heteroatoms. The highest BCUT2D eigenvalue weighted by atomic mass is 79.9. The summed E-state index contributed by atoms with van der Waals surface area (Å²) in [5.41, 5.74) is 3.91. The highest BCUT2D eigenvalue weighted by Crippen LogP contribution is 2.58. The lowest BCUT2D eigenvalue weighted by atomic mass is 9.53. The highest BCUT2D eigenvalue weighted by molar-refractivity contribution is 9.10. The summed E-state index contributed by atoms with van der Waals surface area (Å²) in [6.45, 7) is 4.43. The van der Waals surface area contributed by atoms with E-state index in [4.69, 9.17) is 16.7 Å². The molecule has 0 spiro atoms. The van der Waals surface area contributed by atoms with Crippen LogP contribution in [0.15, 0.2) is 34.9 Å². The van der Waals surface area contributed by atoms with E-state index in [0.717, 1.165) is 44.9 Å². The van der Waals surface area contributed by atoms with Gasteiger partial charge in [-0.15, -0.1) is 0 Å². The summed E-state index contributed by atoms with van der Waals surface area (Å²) in [4.78, 5) is 13.3. The average molecular weight is 543 g/mol. The summed E-state index contributed by atoms with van der Waals surface area (Å²) in [5, 5.41) is 13.3. The number of hydrogen-bond donors (Lipinski definition) is 1. The summed E-state index contributed by atoms with van der Waals surface area (Å²) in [6.07, 6.45) is 9.76. The Morgan fingerprint density at radius 1 is 1.12 bits per heavy atom. The van der Waals surface area contributed by atoms with E-state index >= 15 is 0 Å². The Morgan fingerprint density at radius 2 is 1.76 bits per heavy atom. The second kappa shape index (κ2) is 8.23. The topological polar surface area (TPSA) is 64.7 Å². The standard InChI is InChI=1S/C26H29BrClN5O/c1-15-23(16(2)32(30-15)13-20-5-3-4-6-22(20)28)29-25(34)24-21(27)14-33(31-24)26-10-17-7-18(11-26)9-19(8-17)12-26/h3-6,14,17-19H,7-13H2,1-2H3,(H,29,34). The lowest BCUT2D eigenvalue weighted by Gasteiger charge is -2.56. The Bertz CT molecular complexity index is 1240. The van der Waals surface area contributed by atoms with Crippen LogP contribution < -0.4 is 5.32 Å². The first-order valence-electron chi connectivity index (χ1n) is 12.2. The van der Waals surface area contributed by atoms with Gasteiger partial charge in [0.25, 0.3) is 5.91 Å². The number of aromatic nitrogens is 4. The molecule has 1 N–H and O–H groups in total. The molecule has 4 bridgehead atoms. The minimum atomic E-state index is -0.209. The average Bonchev–Trinajstić information content (AvgIpc) is 3.30. The van der Waals surface area contributed by atoms with Gasteiger partial charge in [0.1, 0.15) is 0 Å². The van der Waals surface area contributed by atoms with Crippen molar-refractivity contribution in [1.29, 1.82) is 0 Å². The van der Waals surface area contributed by atoms with Crippen LogP contribution >= 0.6 is 27.5 Å². The van der Waals surface area contributed by atoms with Crippen LogP contribution in [0.5, 0.6) is 0 Å². The number of anilines is 1. The van der Waals surface area contributed by atoms with E-state index in [1.807, 2.05) is 49.0 Å². The fraction of sp³-hybridized carbons (Fsp3) is 0.500. The van der Waals surface area contributed by atoms with E-state index in [1.54, 1.807) is 0 Å². The maximum absolute atomic E-state index is 13.3. The quantitative estimate of drug-likeness (QED) is 0.409. The van der Waals surface area contributed by atoms with Crippen molar-refractivity contribution in [3.05, 3.63) is 62.6 Å². The van der Waals surface area contributed by atoms with Gasteiger partial charge >= 0.3 is 0 Å². The zero-order chi connectivity index (χ0) is 23.6. The van der Waals surface area contributed by atoms with Gasteiger partial charge in [-0.2, -0.15) is 10.2 Å². The zero-order valence-corrected chi connectivity index (χ0v) is 21.9. The molecule has 4 fully saturated rings. The Labute approximate surface area is 213 Å². The first-order chi connectivity index (χ1) is 16.3. The number of hydrogen-bond acceptors (Lipinski definition) is 3. The normalized spacial score (nSPS) is 27.4. The monoisotopic (exact) mass is 541 g/mol. The summed E-state index contributed by atoms with van der Waals surface area (Å²) in [5.74, 6) is 2.25. The van der Waals surface area contributed by atoms with Crippen LogP contribution in [0.2, 0.25) is 5.02 Å². The van der Waals surface area contributed by atoms with E-state index in [0.29, 0.717) is 17.3 Å². The van der Waals surface area contributed by atoms with Gasteiger partial charge in [0.05, 0.1) is 33.6 Å². The lowest BCUT2D eigenvalue weighted by molar-refractivity contribution is -0.0495. The number of aryl methyl sites for hydroxylation is 1. The minimum absolute atomic E-state index is 0.0848. The molecule has 2 aromatic heterocycles.